The number of rotatable bonds is 6. The third-order valence-electron chi connectivity index (χ3n) is 2.69. The topological polar surface area (TPSA) is 57.7 Å². The average molecular weight is 322 g/mol. The number of carbonyl (C=O) groups excluding carboxylic acids is 1. The summed E-state index contributed by atoms with van der Waals surface area (Å²) in [6.07, 6.45) is 0.927. The lowest BCUT2D eigenvalue weighted by molar-refractivity contribution is -0.150. The molecule has 0 N–H and O–H groups in total. The van der Waals surface area contributed by atoms with Crippen LogP contribution in [0.4, 0.5) is 0 Å². The number of pyridine rings is 1. The summed E-state index contributed by atoms with van der Waals surface area (Å²) in [4.78, 5) is 15.5. The summed E-state index contributed by atoms with van der Waals surface area (Å²) in [5, 5.41) is 0.429. The number of esters is 1. The standard InChI is InChI=1S/C16H16ClNO4/c1-3-20-16(19)11(2)21-12-6-8-13(9-7-12)22-15-14(17)5-4-10-18-15/h4-11H,3H2,1-2H3. The molecule has 5 nitrogen and oxygen atoms in total. The highest BCUT2D eigenvalue weighted by atomic mass is 35.5. The van der Waals surface area contributed by atoms with Crippen molar-refractivity contribution in [3.05, 3.63) is 47.6 Å². The first-order valence-corrected chi connectivity index (χ1v) is 7.19. The van der Waals surface area contributed by atoms with E-state index in [4.69, 9.17) is 25.8 Å². The number of nitrogens with zero attached hydrogens (tertiary/aromatic N) is 1. The highest BCUT2D eigenvalue weighted by molar-refractivity contribution is 6.31. The SMILES string of the molecule is CCOC(=O)C(C)Oc1ccc(Oc2ncccc2Cl)cc1. The van der Waals surface area contributed by atoms with Crippen LogP contribution in [0.25, 0.3) is 0 Å². The fourth-order valence-corrected chi connectivity index (χ4v) is 1.82. The Morgan fingerprint density at radius 3 is 2.55 bits per heavy atom. The fraction of sp³-hybridized carbons (Fsp3) is 0.250. The van der Waals surface area contributed by atoms with Gasteiger partial charge in [0.25, 0.3) is 0 Å². The van der Waals surface area contributed by atoms with Gasteiger partial charge in [-0.1, -0.05) is 11.6 Å². The Morgan fingerprint density at radius 1 is 1.23 bits per heavy atom. The Balaban J connectivity index is 1.99. The molecule has 1 heterocycles. The molecule has 0 bridgehead atoms. The molecule has 0 fully saturated rings. The van der Waals surface area contributed by atoms with Crippen molar-refractivity contribution < 1.29 is 19.0 Å². The predicted octanol–water partition coefficient (Wildman–Crippen LogP) is 3.86. The summed E-state index contributed by atoms with van der Waals surface area (Å²) < 4.78 is 15.9. The molecule has 1 atom stereocenters. The molecule has 0 radical (unpaired) electrons. The maximum Gasteiger partial charge on any atom is 0.347 e. The van der Waals surface area contributed by atoms with Crippen molar-refractivity contribution in [2.75, 3.05) is 6.61 Å². The van der Waals surface area contributed by atoms with Crippen LogP contribution in [0.5, 0.6) is 17.4 Å². The molecular weight excluding hydrogens is 306 g/mol. The Bertz CT molecular complexity index is 630. The number of halogens is 1. The molecule has 0 aliphatic heterocycles. The molecule has 2 aromatic rings. The van der Waals surface area contributed by atoms with Crippen LogP contribution in [0.15, 0.2) is 42.6 Å². The smallest absolute Gasteiger partial charge is 0.347 e. The van der Waals surface area contributed by atoms with Crippen LogP contribution in [-0.4, -0.2) is 23.7 Å². The highest BCUT2D eigenvalue weighted by Gasteiger charge is 2.15. The molecule has 116 valence electrons. The van der Waals surface area contributed by atoms with Gasteiger partial charge >= 0.3 is 5.97 Å². The lowest BCUT2D eigenvalue weighted by Gasteiger charge is -2.13. The summed E-state index contributed by atoms with van der Waals surface area (Å²) in [6.45, 7) is 3.71. The third-order valence-corrected chi connectivity index (χ3v) is 2.98. The lowest BCUT2D eigenvalue weighted by atomic mass is 10.3. The molecule has 0 aliphatic carbocycles. The second kappa shape index (κ2) is 7.66. The van der Waals surface area contributed by atoms with E-state index in [9.17, 15) is 4.79 Å². The van der Waals surface area contributed by atoms with Gasteiger partial charge in [0.1, 0.15) is 16.5 Å². The Kier molecular flexibility index (Phi) is 5.61. The zero-order chi connectivity index (χ0) is 15.9. The number of hydrogen-bond acceptors (Lipinski definition) is 5. The first-order chi connectivity index (χ1) is 10.6. The summed E-state index contributed by atoms with van der Waals surface area (Å²) in [5.74, 6) is 1.04. The number of hydrogen-bond donors (Lipinski definition) is 0. The summed E-state index contributed by atoms with van der Waals surface area (Å²) in [7, 11) is 0. The Morgan fingerprint density at radius 2 is 1.91 bits per heavy atom. The van der Waals surface area contributed by atoms with Crippen molar-refractivity contribution in [2.45, 2.75) is 20.0 Å². The van der Waals surface area contributed by atoms with E-state index in [1.807, 2.05) is 0 Å². The van der Waals surface area contributed by atoms with E-state index >= 15 is 0 Å². The normalized spacial score (nSPS) is 11.6. The largest absolute Gasteiger partial charge is 0.479 e. The van der Waals surface area contributed by atoms with E-state index in [0.717, 1.165) is 0 Å². The van der Waals surface area contributed by atoms with Crippen molar-refractivity contribution >= 4 is 17.6 Å². The van der Waals surface area contributed by atoms with Crippen LogP contribution < -0.4 is 9.47 Å². The monoisotopic (exact) mass is 321 g/mol. The van der Waals surface area contributed by atoms with E-state index in [1.54, 1.807) is 56.4 Å². The van der Waals surface area contributed by atoms with Crippen LogP contribution in [-0.2, 0) is 9.53 Å². The zero-order valence-corrected chi connectivity index (χ0v) is 13.0. The van der Waals surface area contributed by atoms with Gasteiger partial charge < -0.3 is 14.2 Å². The molecule has 22 heavy (non-hydrogen) atoms. The first kappa shape index (κ1) is 16.1. The number of aromatic nitrogens is 1. The van der Waals surface area contributed by atoms with Crippen molar-refractivity contribution in [3.8, 4) is 17.4 Å². The minimum Gasteiger partial charge on any atom is -0.479 e. The van der Waals surface area contributed by atoms with Gasteiger partial charge in [0.05, 0.1) is 6.61 Å². The zero-order valence-electron chi connectivity index (χ0n) is 12.3. The van der Waals surface area contributed by atoms with E-state index < -0.39 is 12.1 Å². The quantitative estimate of drug-likeness (QED) is 0.756. The summed E-state index contributed by atoms with van der Waals surface area (Å²) in [6, 6.07) is 10.2. The highest BCUT2D eigenvalue weighted by Crippen LogP contribution is 2.27. The van der Waals surface area contributed by atoms with Crippen LogP contribution in [0.1, 0.15) is 13.8 Å². The lowest BCUT2D eigenvalue weighted by Crippen LogP contribution is -2.25. The van der Waals surface area contributed by atoms with E-state index in [1.165, 1.54) is 0 Å². The molecule has 1 aromatic heterocycles. The molecule has 0 saturated carbocycles. The summed E-state index contributed by atoms with van der Waals surface area (Å²) in [5.41, 5.74) is 0. The molecule has 1 unspecified atom stereocenters. The van der Waals surface area contributed by atoms with Crippen molar-refractivity contribution in [3.63, 3.8) is 0 Å². The molecule has 2 rings (SSSR count). The maximum absolute atomic E-state index is 11.5. The molecule has 0 aliphatic rings. The van der Waals surface area contributed by atoms with Gasteiger partial charge in [-0.05, 0) is 50.2 Å². The average Bonchev–Trinajstić information content (AvgIpc) is 2.51. The van der Waals surface area contributed by atoms with Crippen molar-refractivity contribution in [1.82, 2.24) is 4.98 Å². The van der Waals surface area contributed by atoms with Crippen LogP contribution in [0, 0.1) is 0 Å². The minimum absolute atomic E-state index is 0.324. The molecule has 1 aromatic carbocycles. The molecular formula is C16H16ClNO4. The van der Waals surface area contributed by atoms with E-state index in [2.05, 4.69) is 4.98 Å². The number of carbonyl (C=O) groups is 1. The first-order valence-electron chi connectivity index (χ1n) is 6.82. The number of benzene rings is 1. The maximum atomic E-state index is 11.5. The summed E-state index contributed by atoms with van der Waals surface area (Å²) >= 11 is 5.98. The predicted molar refractivity (Wildman–Crippen MR) is 82.5 cm³/mol. The van der Waals surface area contributed by atoms with Crippen LogP contribution in [0.2, 0.25) is 5.02 Å². The van der Waals surface area contributed by atoms with Crippen LogP contribution >= 0.6 is 11.6 Å². The van der Waals surface area contributed by atoms with Gasteiger partial charge in [-0.3, -0.25) is 0 Å². The van der Waals surface area contributed by atoms with Gasteiger partial charge in [0.2, 0.25) is 5.88 Å². The van der Waals surface area contributed by atoms with Crippen LogP contribution in [0.3, 0.4) is 0 Å². The Hall–Kier alpha value is -2.27. The second-order valence-electron chi connectivity index (χ2n) is 4.38. The van der Waals surface area contributed by atoms with Gasteiger partial charge in [-0.2, -0.15) is 0 Å². The number of ether oxygens (including phenoxy) is 3. The van der Waals surface area contributed by atoms with E-state index in [0.29, 0.717) is 29.0 Å². The second-order valence-corrected chi connectivity index (χ2v) is 4.78. The molecule has 6 heteroatoms. The van der Waals surface area contributed by atoms with Crippen molar-refractivity contribution in [1.29, 1.82) is 0 Å². The van der Waals surface area contributed by atoms with Gasteiger partial charge in [-0.25, -0.2) is 9.78 Å². The molecule has 0 saturated heterocycles. The van der Waals surface area contributed by atoms with Gasteiger partial charge in [-0.15, -0.1) is 0 Å². The molecule has 0 amide bonds. The molecule has 0 spiro atoms. The fourth-order valence-electron chi connectivity index (χ4n) is 1.66. The van der Waals surface area contributed by atoms with Crippen molar-refractivity contribution in [2.24, 2.45) is 0 Å². The minimum atomic E-state index is -0.669. The van der Waals surface area contributed by atoms with Gasteiger partial charge in [0, 0.05) is 6.20 Å². The Labute approximate surface area is 133 Å². The van der Waals surface area contributed by atoms with E-state index in [-0.39, 0.29) is 0 Å². The van der Waals surface area contributed by atoms with Gasteiger partial charge in [0.15, 0.2) is 6.10 Å². The third kappa shape index (κ3) is 4.36.